The van der Waals surface area contributed by atoms with E-state index in [9.17, 15) is 9.59 Å². The molecule has 220 valence electrons. The van der Waals surface area contributed by atoms with Gasteiger partial charge in [-0.25, -0.2) is 0 Å². The van der Waals surface area contributed by atoms with Gasteiger partial charge in [0.05, 0.1) is 33.9 Å². The standard InChI is InChI=1S/C37H31NO4S2/c1-3-37(4-2,24-14-18-26(19-15-24)41-43-34-12-6-8-28-29(34)9-5-11-33(28)39)25-16-20-27(21-17-25)42-44-35-13-7-10-31-30(35)22-23-32(38)36(31)40/h5-10,12-23,38H,3-4,11H2,1-2H3. The van der Waals surface area contributed by atoms with Crippen molar-refractivity contribution in [3.05, 3.63) is 130 Å². The second-order valence-corrected chi connectivity index (χ2v) is 12.3. The topological polar surface area (TPSA) is 76.5 Å². The zero-order valence-electron chi connectivity index (χ0n) is 24.5. The van der Waals surface area contributed by atoms with Crippen LogP contribution >= 0.6 is 24.1 Å². The molecule has 4 aromatic carbocycles. The van der Waals surface area contributed by atoms with Crippen molar-refractivity contribution >= 4 is 53.5 Å². The molecule has 2 aliphatic carbocycles. The van der Waals surface area contributed by atoms with Crippen LogP contribution in [0.1, 0.15) is 76.1 Å². The first-order valence-electron chi connectivity index (χ1n) is 14.6. The van der Waals surface area contributed by atoms with E-state index in [-0.39, 0.29) is 22.7 Å². The van der Waals surface area contributed by atoms with Crippen molar-refractivity contribution < 1.29 is 18.0 Å². The first kappa shape index (κ1) is 29.7. The Morgan fingerprint density at radius 3 is 1.75 bits per heavy atom. The predicted octanol–water partition coefficient (Wildman–Crippen LogP) is 9.79. The van der Waals surface area contributed by atoms with Crippen molar-refractivity contribution in [2.75, 3.05) is 0 Å². The van der Waals surface area contributed by atoms with Gasteiger partial charge in [0.25, 0.3) is 0 Å². The number of Topliss-reactive ketones (excluding diaryl/α,β-unsaturated/α-hetero) is 2. The Morgan fingerprint density at radius 1 is 0.682 bits per heavy atom. The number of allylic oxidation sites excluding steroid dienone is 2. The number of benzene rings is 4. The molecule has 0 bridgehead atoms. The van der Waals surface area contributed by atoms with E-state index >= 15 is 0 Å². The molecule has 0 saturated heterocycles. The molecule has 0 radical (unpaired) electrons. The Kier molecular flexibility index (Phi) is 8.60. The van der Waals surface area contributed by atoms with Gasteiger partial charge in [-0.05, 0) is 66.4 Å². The zero-order valence-corrected chi connectivity index (χ0v) is 26.1. The molecular formula is C37H31NO4S2. The highest BCUT2D eigenvalue weighted by atomic mass is 32.2. The number of carbonyl (C=O) groups excluding carboxylic acids is 2. The predicted molar refractivity (Wildman–Crippen MR) is 179 cm³/mol. The van der Waals surface area contributed by atoms with Crippen LogP contribution < -0.4 is 8.37 Å². The van der Waals surface area contributed by atoms with Gasteiger partial charge in [0.1, 0.15) is 17.2 Å². The van der Waals surface area contributed by atoms with E-state index < -0.39 is 0 Å². The number of carbonyl (C=O) groups is 2. The minimum atomic E-state index is -0.270. The van der Waals surface area contributed by atoms with Crippen LogP contribution in [-0.4, -0.2) is 17.3 Å². The van der Waals surface area contributed by atoms with Gasteiger partial charge in [-0.1, -0.05) is 80.6 Å². The summed E-state index contributed by atoms with van der Waals surface area (Å²) < 4.78 is 12.1. The van der Waals surface area contributed by atoms with Crippen LogP contribution in [0.5, 0.6) is 11.5 Å². The van der Waals surface area contributed by atoms with E-state index in [4.69, 9.17) is 13.8 Å². The van der Waals surface area contributed by atoms with Gasteiger partial charge in [0.15, 0.2) is 5.78 Å². The zero-order chi connectivity index (χ0) is 30.7. The van der Waals surface area contributed by atoms with Crippen LogP contribution in [0.15, 0.2) is 107 Å². The van der Waals surface area contributed by atoms with E-state index in [1.165, 1.54) is 41.3 Å². The minimum Gasteiger partial charge on any atom is -0.421 e. The van der Waals surface area contributed by atoms with E-state index in [0.29, 0.717) is 12.0 Å². The van der Waals surface area contributed by atoms with E-state index in [1.54, 1.807) is 12.1 Å². The summed E-state index contributed by atoms with van der Waals surface area (Å²) in [4.78, 5) is 26.4. The molecule has 0 atom stereocenters. The Labute approximate surface area is 266 Å². The number of nitrogens with one attached hydrogen (secondary N) is 1. The molecule has 4 aromatic rings. The maximum Gasteiger partial charge on any atom is 0.211 e. The fourth-order valence-electron chi connectivity index (χ4n) is 5.88. The molecule has 5 nitrogen and oxygen atoms in total. The van der Waals surface area contributed by atoms with Gasteiger partial charge in [0.2, 0.25) is 5.78 Å². The van der Waals surface area contributed by atoms with Gasteiger partial charge < -0.3 is 8.37 Å². The van der Waals surface area contributed by atoms with Gasteiger partial charge >= 0.3 is 0 Å². The summed E-state index contributed by atoms with van der Waals surface area (Å²) in [5.41, 5.74) is 5.22. The van der Waals surface area contributed by atoms with Crippen molar-refractivity contribution in [2.45, 2.75) is 48.3 Å². The summed E-state index contributed by atoms with van der Waals surface area (Å²) >= 11 is 2.49. The van der Waals surface area contributed by atoms with E-state index in [0.717, 1.165) is 50.8 Å². The molecule has 1 N–H and O–H groups in total. The van der Waals surface area contributed by atoms with Crippen molar-refractivity contribution in [3.63, 3.8) is 0 Å². The quantitative estimate of drug-likeness (QED) is 0.179. The third kappa shape index (κ3) is 5.65. The molecule has 2 aliphatic rings. The molecular weight excluding hydrogens is 587 g/mol. The highest BCUT2D eigenvalue weighted by Crippen LogP contribution is 2.41. The molecule has 0 aromatic heterocycles. The van der Waals surface area contributed by atoms with Gasteiger partial charge in [-0.15, -0.1) is 0 Å². The van der Waals surface area contributed by atoms with Crippen LogP contribution in [0, 0.1) is 5.41 Å². The lowest BCUT2D eigenvalue weighted by Crippen LogP contribution is -2.25. The normalized spacial score (nSPS) is 13.9. The van der Waals surface area contributed by atoms with Crippen molar-refractivity contribution in [1.82, 2.24) is 0 Å². The molecule has 0 saturated carbocycles. The van der Waals surface area contributed by atoms with Crippen molar-refractivity contribution in [2.24, 2.45) is 0 Å². The van der Waals surface area contributed by atoms with Gasteiger partial charge in [-0.3, -0.25) is 15.0 Å². The highest BCUT2D eigenvalue weighted by Gasteiger charge is 2.31. The van der Waals surface area contributed by atoms with Crippen LogP contribution in [0.3, 0.4) is 0 Å². The molecule has 6 rings (SSSR count). The minimum absolute atomic E-state index is 0.00524. The number of rotatable bonds is 10. The van der Waals surface area contributed by atoms with E-state index in [1.807, 2.05) is 66.7 Å². The summed E-state index contributed by atoms with van der Waals surface area (Å²) in [6.45, 7) is 4.43. The lowest BCUT2D eigenvalue weighted by molar-refractivity contribution is 0.0993. The SMILES string of the molecule is CCC(CC)(c1ccc(OSc2cccc3c2C=CCC3=O)cc1)c1ccc(OSc2cccc3c2C=CC(=N)C3=O)cc1. The van der Waals surface area contributed by atoms with Gasteiger partial charge in [0, 0.05) is 34.1 Å². The van der Waals surface area contributed by atoms with Crippen LogP contribution in [0.4, 0.5) is 0 Å². The molecule has 0 unspecified atom stereocenters. The monoisotopic (exact) mass is 617 g/mol. The molecule has 0 aliphatic heterocycles. The average molecular weight is 618 g/mol. The number of fused-ring (bicyclic) bond motifs is 2. The Balaban J connectivity index is 1.15. The summed E-state index contributed by atoms with van der Waals surface area (Å²) in [5.74, 6) is 1.33. The van der Waals surface area contributed by atoms with Crippen LogP contribution in [-0.2, 0) is 5.41 Å². The molecule has 44 heavy (non-hydrogen) atoms. The second kappa shape index (κ2) is 12.7. The summed E-state index contributed by atoms with van der Waals surface area (Å²) in [6.07, 6.45) is 9.53. The number of ketones is 2. The number of hydrogen-bond acceptors (Lipinski definition) is 7. The molecule has 7 heteroatoms. The molecule has 0 spiro atoms. The maximum absolute atomic E-state index is 12.4. The fourth-order valence-corrected chi connectivity index (χ4v) is 7.28. The fraction of sp³-hybridized carbons (Fsp3) is 0.162. The second-order valence-electron chi connectivity index (χ2n) is 10.7. The Morgan fingerprint density at radius 2 is 1.20 bits per heavy atom. The number of hydrogen-bond donors (Lipinski definition) is 1. The largest absolute Gasteiger partial charge is 0.421 e. The first-order chi connectivity index (χ1) is 21.4. The van der Waals surface area contributed by atoms with Crippen molar-refractivity contribution in [3.8, 4) is 11.5 Å². The highest BCUT2D eigenvalue weighted by molar-refractivity contribution is 7.95. The average Bonchev–Trinajstić information content (AvgIpc) is 3.06. The molecule has 0 heterocycles. The third-order valence-electron chi connectivity index (χ3n) is 8.40. The molecule has 0 fully saturated rings. The van der Waals surface area contributed by atoms with Crippen LogP contribution in [0.25, 0.3) is 12.2 Å². The Bertz CT molecular complexity index is 1800. The summed E-state index contributed by atoms with van der Waals surface area (Å²) in [6, 6.07) is 27.8. The Hall–Kier alpha value is -4.33. The van der Waals surface area contributed by atoms with Crippen LogP contribution in [0.2, 0.25) is 0 Å². The van der Waals surface area contributed by atoms with Gasteiger partial charge in [-0.2, -0.15) is 0 Å². The lowest BCUT2D eigenvalue weighted by atomic mass is 9.70. The summed E-state index contributed by atoms with van der Waals surface area (Å²) in [5, 5.41) is 7.80. The maximum atomic E-state index is 12.4. The van der Waals surface area contributed by atoms with Crippen molar-refractivity contribution in [1.29, 1.82) is 5.41 Å². The summed E-state index contributed by atoms with van der Waals surface area (Å²) in [7, 11) is 0. The lowest BCUT2D eigenvalue weighted by Gasteiger charge is -2.33. The third-order valence-corrected chi connectivity index (χ3v) is 10.0. The smallest absolute Gasteiger partial charge is 0.211 e. The molecule has 0 amide bonds. The van der Waals surface area contributed by atoms with E-state index in [2.05, 4.69) is 38.1 Å². The first-order valence-corrected chi connectivity index (χ1v) is 16.1.